The number of hydrogen-bond acceptors (Lipinski definition) is 3. The molecule has 0 unspecified atom stereocenters. The molecule has 0 saturated heterocycles. The zero-order chi connectivity index (χ0) is 11.6. The van der Waals surface area contributed by atoms with E-state index in [0.29, 0.717) is 0 Å². The van der Waals surface area contributed by atoms with Crippen LogP contribution < -0.4 is 16.8 Å². The van der Waals surface area contributed by atoms with Gasteiger partial charge >= 0.3 is 12.1 Å². The van der Waals surface area contributed by atoms with E-state index in [9.17, 15) is 9.59 Å². The Labute approximate surface area is 83.0 Å². The van der Waals surface area contributed by atoms with Gasteiger partial charge in [-0.25, -0.2) is 9.59 Å². The maximum absolute atomic E-state index is 10.7. The maximum Gasteiger partial charge on any atom is 0.405 e. The van der Waals surface area contributed by atoms with Crippen LogP contribution >= 0.6 is 0 Å². The van der Waals surface area contributed by atoms with Crippen LogP contribution in [0.3, 0.4) is 0 Å². The van der Waals surface area contributed by atoms with Crippen molar-refractivity contribution in [2.45, 2.75) is 38.8 Å². The predicted molar refractivity (Wildman–Crippen MR) is 51.5 cm³/mol. The minimum atomic E-state index is -0.937. The van der Waals surface area contributed by atoms with Gasteiger partial charge in [0.25, 0.3) is 0 Å². The summed E-state index contributed by atoms with van der Waals surface area (Å²) in [5.41, 5.74) is 8.15. The van der Waals surface area contributed by atoms with Crippen LogP contribution in [-0.2, 0) is 4.74 Å². The molecule has 0 spiro atoms. The first-order valence-electron chi connectivity index (χ1n) is 4.14. The summed E-state index contributed by atoms with van der Waals surface area (Å²) in [6.07, 6.45) is -0.894. The molecule has 0 aliphatic rings. The number of primary amides is 2. The van der Waals surface area contributed by atoms with Gasteiger partial charge in [-0.15, -0.1) is 0 Å². The Morgan fingerprint density at radius 2 is 1.57 bits per heavy atom. The molecule has 3 amide bonds. The molecule has 0 fully saturated rings. The van der Waals surface area contributed by atoms with Crippen LogP contribution in [-0.4, -0.2) is 23.3 Å². The van der Waals surface area contributed by atoms with E-state index in [-0.39, 0.29) is 0 Å². The molecule has 6 heteroatoms. The van der Waals surface area contributed by atoms with Crippen LogP contribution in [0, 0.1) is 0 Å². The summed E-state index contributed by atoms with van der Waals surface area (Å²) in [7, 11) is 0. The van der Waals surface area contributed by atoms with Crippen LogP contribution in [0.1, 0.15) is 27.7 Å². The van der Waals surface area contributed by atoms with Crippen LogP contribution in [0.25, 0.3) is 0 Å². The highest BCUT2D eigenvalue weighted by molar-refractivity contribution is 5.73. The second-order valence-electron chi connectivity index (χ2n) is 4.05. The molecule has 0 aromatic carbocycles. The van der Waals surface area contributed by atoms with Gasteiger partial charge in [0.15, 0.2) is 0 Å². The molecule has 0 aliphatic carbocycles. The summed E-state index contributed by atoms with van der Waals surface area (Å²) in [5, 5.41) is 2.47. The molecule has 82 valence electrons. The number of urea groups is 1. The van der Waals surface area contributed by atoms with Crippen molar-refractivity contribution in [3.63, 3.8) is 0 Å². The molecule has 0 atom stereocenters. The summed E-state index contributed by atoms with van der Waals surface area (Å²) < 4.78 is 4.87. The van der Waals surface area contributed by atoms with E-state index >= 15 is 0 Å². The van der Waals surface area contributed by atoms with Crippen molar-refractivity contribution in [2.75, 3.05) is 0 Å². The van der Waals surface area contributed by atoms with Gasteiger partial charge in [-0.3, -0.25) is 0 Å². The Balaban J connectivity index is 4.67. The van der Waals surface area contributed by atoms with Gasteiger partial charge in [-0.1, -0.05) is 0 Å². The number of carbonyl (C=O) groups is 2. The Kier molecular flexibility index (Phi) is 3.34. The van der Waals surface area contributed by atoms with E-state index in [1.54, 1.807) is 27.7 Å². The monoisotopic (exact) mass is 203 g/mol. The molecule has 6 nitrogen and oxygen atoms in total. The first-order valence-corrected chi connectivity index (χ1v) is 4.14. The summed E-state index contributed by atoms with van der Waals surface area (Å²) in [6, 6.07) is -0.684. The lowest BCUT2D eigenvalue weighted by Crippen LogP contribution is -2.61. The lowest BCUT2D eigenvalue weighted by molar-refractivity contribution is -0.0137. The molecule has 0 heterocycles. The molecule has 14 heavy (non-hydrogen) atoms. The fraction of sp³-hybridized carbons (Fsp3) is 0.750. The lowest BCUT2D eigenvalue weighted by Gasteiger charge is -2.40. The number of rotatable bonds is 3. The molecule has 0 rings (SSSR count). The number of nitrogens with one attached hydrogen (secondary N) is 1. The fourth-order valence-electron chi connectivity index (χ4n) is 0.838. The zero-order valence-corrected chi connectivity index (χ0v) is 8.88. The normalized spacial score (nSPS) is 12.0. The Hall–Kier alpha value is -1.46. The van der Waals surface area contributed by atoms with Gasteiger partial charge in [-0.2, -0.15) is 0 Å². The lowest BCUT2D eigenvalue weighted by atomic mass is 9.86. The zero-order valence-electron chi connectivity index (χ0n) is 8.88. The van der Waals surface area contributed by atoms with Crippen LogP contribution in [0.2, 0.25) is 0 Å². The predicted octanol–water partition coefficient (Wildman–Crippen LogP) is 0.307. The van der Waals surface area contributed by atoms with Gasteiger partial charge < -0.3 is 21.5 Å². The highest BCUT2D eigenvalue weighted by Crippen LogP contribution is 2.24. The van der Waals surface area contributed by atoms with Crippen molar-refractivity contribution in [2.24, 2.45) is 11.5 Å². The molecular weight excluding hydrogens is 186 g/mol. The molecule has 0 aromatic rings. The van der Waals surface area contributed by atoms with Crippen LogP contribution in [0.4, 0.5) is 9.59 Å². The maximum atomic E-state index is 10.7. The number of amides is 3. The van der Waals surface area contributed by atoms with E-state index in [0.717, 1.165) is 0 Å². The first kappa shape index (κ1) is 12.5. The SMILES string of the molecule is CC(C)(NC(N)=O)C(C)(C)OC(N)=O. The highest BCUT2D eigenvalue weighted by atomic mass is 16.6. The second kappa shape index (κ2) is 3.73. The number of ether oxygens (including phenoxy) is 1. The van der Waals surface area contributed by atoms with E-state index in [1.807, 2.05) is 0 Å². The van der Waals surface area contributed by atoms with Gasteiger partial charge in [0, 0.05) is 0 Å². The Bertz CT molecular complexity index is 222. The van der Waals surface area contributed by atoms with Crippen LogP contribution in [0.5, 0.6) is 0 Å². The van der Waals surface area contributed by atoms with E-state index < -0.39 is 23.3 Å². The van der Waals surface area contributed by atoms with Crippen molar-refractivity contribution in [1.29, 1.82) is 0 Å². The third-order valence-electron chi connectivity index (χ3n) is 2.30. The average molecular weight is 203 g/mol. The summed E-state index contributed by atoms with van der Waals surface area (Å²) in [5.74, 6) is 0. The van der Waals surface area contributed by atoms with Crippen molar-refractivity contribution in [1.82, 2.24) is 5.32 Å². The molecule has 0 bridgehead atoms. The molecule has 0 radical (unpaired) electrons. The topological polar surface area (TPSA) is 107 Å². The number of nitrogens with two attached hydrogens (primary N) is 2. The van der Waals surface area contributed by atoms with E-state index in [4.69, 9.17) is 16.2 Å². The Morgan fingerprint density at radius 3 is 1.86 bits per heavy atom. The molecule has 0 aliphatic heterocycles. The van der Waals surface area contributed by atoms with Crippen molar-refractivity contribution in [3.8, 4) is 0 Å². The van der Waals surface area contributed by atoms with Crippen molar-refractivity contribution in [3.05, 3.63) is 0 Å². The smallest absolute Gasteiger partial charge is 0.405 e. The number of hydrogen-bond donors (Lipinski definition) is 3. The fourth-order valence-corrected chi connectivity index (χ4v) is 0.838. The molecule has 5 N–H and O–H groups in total. The first-order chi connectivity index (χ1) is 6.08. The highest BCUT2D eigenvalue weighted by Gasteiger charge is 2.41. The third kappa shape index (κ3) is 3.12. The standard InChI is InChI=1S/C8H17N3O3/c1-7(2,11-5(9)12)8(3,4)14-6(10)13/h1-4H3,(H2,10,13)(H3,9,11,12). The van der Waals surface area contributed by atoms with Gasteiger partial charge in [0.2, 0.25) is 0 Å². The quantitative estimate of drug-likeness (QED) is 0.614. The number of carbonyl (C=O) groups excluding carboxylic acids is 2. The molecular formula is C8H17N3O3. The van der Waals surface area contributed by atoms with Crippen molar-refractivity contribution < 1.29 is 14.3 Å². The van der Waals surface area contributed by atoms with Gasteiger partial charge in [0.1, 0.15) is 5.60 Å². The largest absolute Gasteiger partial charge is 0.441 e. The minimum Gasteiger partial charge on any atom is -0.441 e. The van der Waals surface area contributed by atoms with Crippen molar-refractivity contribution >= 4 is 12.1 Å². The summed E-state index contributed by atoms with van der Waals surface area (Å²) in [4.78, 5) is 21.3. The minimum absolute atomic E-state index is 0.684. The van der Waals surface area contributed by atoms with E-state index in [2.05, 4.69) is 5.32 Å². The molecule has 0 saturated carbocycles. The average Bonchev–Trinajstić information content (AvgIpc) is 1.78. The van der Waals surface area contributed by atoms with E-state index in [1.165, 1.54) is 0 Å². The van der Waals surface area contributed by atoms with Gasteiger partial charge in [0.05, 0.1) is 5.54 Å². The Morgan fingerprint density at radius 1 is 1.14 bits per heavy atom. The second-order valence-corrected chi connectivity index (χ2v) is 4.05. The third-order valence-corrected chi connectivity index (χ3v) is 2.30. The van der Waals surface area contributed by atoms with Crippen LogP contribution in [0.15, 0.2) is 0 Å². The summed E-state index contributed by atoms with van der Waals surface area (Å²) >= 11 is 0. The van der Waals surface area contributed by atoms with Gasteiger partial charge in [-0.05, 0) is 27.7 Å². The molecule has 0 aromatic heterocycles. The summed E-state index contributed by atoms with van der Waals surface area (Å²) in [6.45, 7) is 6.63.